The van der Waals surface area contributed by atoms with E-state index in [-0.39, 0.29) is 18.4 Å². The molecule has 1 unspecified atom stereocenters. The molecule has 0 heterocycles. The highest BCUT2D eigenvalue weighted by Crippen LogP contribution is 2.37. The zero-order chi connectivity index (χ0) is 11.4. The van der Waals surface area contributed by atoms with Gasteiger partial charge in [0.1, 0.15) is 0 Å². The van der Waals surface area contributed by atoms with Gasteiger partial charge in [0.2, 0.25) is 5.91 Å². The quantitative estimate of drug-likeness (QED) is 0.693. The summed E-state index contributed by atoms with van der Waals surface area (Å²) < 4.78 is 15.9. The molecule has 0 aromatic carbocycles. The summed E-state index contributed by atoms with van der Waals surface area (Å²) in [5.41, 5.74) is 0. The van der Waals surface area contributed by atoms with Gasteiger partial charge >= 0.3 is 7.75 Å². The third kappa shape index (κ3) is 6.13. The van der Waals surface area contributed by atoms with Gasteiger partial charge in [-0.25, -0.2) is 4.57 Å². The molecule has 0 fully saturated rings. The fourth-order valence-electron chi connectivity index (χ4n) is 0.551. The highest BCUT2D eigenvalue weighted by molar-refractivity contribution is 7.51. The molecule has 14 heavy (non-hydrogen) atoms. The van der Waals surface area contributed by atoms with E-state index in [9.17, 15) is 14.3 Å². The van der Waals surface area contributed by atoms with Gasteiger partial charge < -0.3 is 4.89 Å². The van der Waals surface area contributed by atoms with Crippen molar-refractivity contribution in [2.24, 2.45) is 11.8 Å². The van der Waals surface area contributed by atoms with Gasteiger partial charge in [-0.05, 0) is 5.92 Å². The average Bonchev–Trinajstić information content (AvgIpc) is 2.00. The molecule has 84 valence electrons. The first-order chi connectivity index (χ1) is 6.24. The van der Waals surface area contributed by atoms with E-state index in [1.807, 2.05) is 18.9 Å². The van der Waals surface area contributed by atoms with Crippen LogP contribution >= 0.6 is 7.75 Å². The van der Waals surface area contributed by atoms with E-state index in [2.05, 4.69) is 0 Å². The van der Waals surface area contributed by atoms with Crippen LogP contribution in [0.4, 0.5) is 0 Å². The van der Waals surface area contributed by atoms with E-state index in [4.69, 9.17) is 4.52 Å². The van der Waals surface area contributed by atoms with Gasteiger partial charge in [0.15, 0.2) is 0 Å². The standard InChI is InChI=1S/C8H18NO4P/c1-6(2)5-13-14(11,12)9-8(10)7(3)4/h6-7H,5H2,1-4H3,(H2,9,10,11,12). The number of amides is 1. The van der Waals surface area contributed by atoms with Crippen molar-refractivity contribution in [3.05, 3.63) is 0 Å². The molecule has 5 nitrogen and oxygen atoms in total. The summed E-state index contributed by atoms with van der Waals surface area (Å²) in [7, 11) is -3.96. The fraction of sp³-hybridized carbons (Fsp3) is 0.875. The largest absolute Gasteiger partial charge is 0.432 e. The number of nitrogens with one attached hydrogen (secondary N) is 1. The van der Waals surface area contributed by atoms with Crippen molar-refractivity contribution in [2.75, 3.05) is 6.61 Å². The first-order valence-electron chi connectivity index (χ1n) is 4.54. The Morgan fingerprint density at radius 1 is 1.43 bits per heavy atom. The first-order valence-corrected chi connectivity index (χ1v) is 6.12. The van der Waals surface area contributed by atoms with Crippen molar-refractivity contribution >= 4 is 13.7 Å². The van der Waals surface area contributed by atoms with Crippen molar-refractivity contribution in [3.63, 3.8) is 0 Å². The molecule has 0 aliphatic carbocycles. The van der Waals surface area contributed by atoms with Crippen LogP contribution in [0, 0.1) is 11.8 Å². The van der Waals surface area contributed by atoms with Gasteiger partial charge in [-0.15, -0.1) is 0 Å². The van der Waals surface area contributed by atoms with Crippen LogP contribution in [0.5, 0.6) is 0 Å². The maximum atomic E-state index is 11.2. The Balaban J connectivity index is 4.08. The molecule has 0 radical (unpaired) electrons. The van der Waals surface area contributed by atoms with Crippen LogP contribution in [-0.4, -0.2) is 17.4 Å². The van der Waals surface area contributed by atoms with E-state index in [0.717, 1.165) is 0 Å². The summed E-state index contributed by atoms with van der Waals surface area (Å²) in [5, 5.41) is 1.96. The topological polar surface area (TPSA) is 75.6 Å². The Morgan fingerprint density at radius 3 is 2.29 bits per heavy atom. The molecule has 1 amide bonds. The fourth-order valence-corrected chi connectivity index (χ4v) is 1.65. The molecule has 2 N–H and O–H groups in total. The predicted octanol–water partition coefficient (Wildman–Crippen LogP) is 1.53. The van der Waals surface area contributed by atoms with Gasteiger partial charge in [-0.2, -0.15) is 0 Å². The third-order valence-electron chi connectivity index (χ3n) is 1.36. The smallest absolute Gasteiger partial charge is 0.308 e. The summed E-state index contributed by atoms with van der Waals surface area (Å²) >= 11 is 0. The second-order valence-corrected chi connectivity index (χ2v) is 5.36. The van der Waals surface area contributed by atoms with Crippen molar-refractivity contribution in [2.45, 2.75) is 27.7 Å². The van der Waals surface area contributed by atoms with Crippen LogP contribution in [0.25, 0.3) is 0 Å². The highest BCUT2D eigenvalue weighted by atomic mass is 31.2. The van der Waals surface area contributed by atoms with E-state index in [1.165, 1.54) is 0 Å². The summed E-state index contributed by atoms with van der Waals surface area (Å²) in [6.45, 7) is 7.12. The Hall–Kier alpha value is -0.380. The monoisotopic (exact) mass is 223 g/mol. The van der Waals surface area contributed by atoms with Crippen LogP contribution in [0.2, 0.25) is 0 Å². The van der Waals surface area contributed by atoms with Gasteiger partial charge in [0, 0.05) is 5.92 Å². The molecule has 0 bridgehead atoms. The Bertz CT molecular complexity index is 239. The normalized spacial score (nSPS) is 15.6. The Kier molecular flexibility index (Phi) is 5.34. The highest BCUT2D eigenvalue weighted by Gasteiger charge is 2.24. The number of hydrogen-bond donors (Lipinski definition) is 2. The van der Waals surface area contributed by atoms with E-state index < -0.39 is 13.7 Å². The summed E-state index contributed by atoms with van der Waals surface area (Å²) in [6, 6.07) is 0. The molecule has 6 heteroatoms. The summed E-state index contributed by atoms with van der Waals surface area (Å²) in [5.74, 6) is -0.677. The third-order valence-corrected chi connectivity index (χ3v) is 2.36. The van der Waals surface area contributed by atoms with Gasteiger partial charge in [0.05, 0.1) is 6.61 Å². The Labute approximate surface area is 84.4 Å². The number of carbonyl (C=O) groups is 1. The predicted molar refractivity (Wildman–Crippen MR) is 53.6 cm³/mol. The zero-order valence-electron chi connectivity index (χ0n) is 8.98. The lowest BCUT2D eigenvalue weighted by atomic mass is 10.2. The first kappa shape index (κ1) is 13.6. The molecule has 0 spiro atoms. The van der Waals surface area contributed by atoms with Gasteiger partial charge in [-0.3, -0.25) is 14.4 Å². The number of rotatable bonds is 5. The minimum Gasteiger partial charge on any atom is -0.308 e. The maximum Gasteiger partial charge on any atom is 0.432 e. The zero-order valence-corrected chi connectivity index (χ0v) is 9.88. The molecule has 0 saturated carbocycles. The minimum atomic E-state index is -3.96. The lowest BCUT2D eigenvalue weighted by Gasteiger charge is -2.15. The van der Waals surface area contributed by atoms with E-state index in [0.29, 0.717) is 0 Å². The molecular formula is C8H18NO4P. The molecular weight excluding hydrogens is 205 g/mol. The molecule has 0 saturated heterocycles. The maximum absolute atomic E-state index is 11.2. The van der Waals surface area contributed by atoms with Crippen LogP contribution in [0.1, 0.15) is 27.7 Å². The van der Waals surface area contributed by atoms with Crippen molar-refractivity contribution in [1.29, 1.82) is 0 Å². The summed E-state index contributed by atoms with van der Waals surface area (Å²) in [6.07, 6.45) is 0. The van der Waals surface area contributed by atoms with Crippen LogP contribution < -0.4 is 5.09 Å². The van der Waals surface area contributed by atoms with E-state index >= 15 is 0 Å². The Morgan fingerprint density at radius 2 is 1.93 bits per heavy atom. The number of hydrogen-bond acceptors (Lipinski definition) is 3. The minimum absolute atomic E-state index is 0.145. The lowest BCUT2D eigenvalue weighted by Crippen LogP contribution is -2.26. The SMILES string of the molecule is CC(C)COP(=O)(O)NC(=O)C(C)C. The lowest BCUT2D eigenvalue weighted by molar-refractivity contribution is -0.122. The molecule has 0 aromatic rings. The summed E-state index contributed by atoms with van der Waals surface area (Å²) in [4.78, 5) is 20.3. The van der Waals surface area contributed by atoms with Crippen LogP contribution in [0.15, 0.2) is 0 Å². The van der Waals surface area contributed by atoms with E-state index in [1.54, 1.807) is 13.8 Å². The van der Waals surface area contributed by atoms with Gasteiger partial charge in [0.25, 0.3) is 0 Å². The molecule has 0 aliphatic heterocycles. The van der Waals surface area contributed by atoms with Gasteiger partial charge in [-0.1, -0.05) is 27.7 Å². The second-order valence-electron chi connectivity index (χ2n) is 3.84. The molecule has 0 aromatic heterocycles. The molecule has 0 aliphatic rings. The molecule has 1 atom stereocenters. The number of carbonyl (C=O) groups excluding carboxylic acids is 1. The van der Waals surface area contributed by atoms with Crippen molar-refractivity contribution in [3.8, 4) is 0 Å². The molecule has 0 rings (SSSR count). The van der Waals surface area contributed by atoms with Crippen LogP contribution in [0.3, 0.4) is 0 Å². The van der Waals surface area contributed by atoms with Crippen molar-refractivity contribution < 1.29 is 18.8 Å². The average molecular weight is 223 g/mol. The second kappa shape index (κ2) is 5.49. The van der Waals surface area contributed by atoms with Crippen LogP contribution in [-0.2, 0) is 13.9 Å². The van der Waals surface area contributed by atoms with Crippen molar-refractivity contribution in [1.82, 2.24) is 5.09 Å².